The maximum atomic E-state index is 12.9. The summed E-state index contributed by atoms with van der Waals surface area (Å²) in [5.74, 6) is 0.281. The molecule has 1 unspecified atom stereocenters. The summed E-state index contributed by atoms with van der Waals surface area (Å²) in [5.41, 5.74) is 1.64. The van der Waals surface area contributed by atoms with E-state index in [4.69, 9.17) is 10.00 Å². The molecule has 0 saturated carbocycles. The first-order chi connectivity index (χ1) is 10.2. The Morgan fingerprint density at radius 1 is 1.38 bits per heavy atom. The fourth-order valence-corrected chi connectivity index (χ4v) is 1.97. The molecule has 1 N–H and O–H groups in total. The Kier molecular flexibility index (Phi) is 5.10. The molecule has 2 rings (SSSR count). The molecule has 1 aromatic heterocycles. The van der Waals surface area contributed by atoms with Crippen LogP contribution in [0, 0.1) is 17.1 Å². The van der Waals surface area contributed by atoms with Crippen LogP contribution in [-0.4, -0.2) is 11.6 Å². The molecule has 0 aliphatic heterocycles. The Hall–Kier alpha value is -2.61. The maximum Gasteiger partial charge on any atom is 0.174 e. The van der Waals surface area contributed by atoms with Crippen molar-refractivity contribution in [2.75, 3.05) is 11.9 Å². The minimum atomic E-state index is -0.347. The summed E-state index contributed by atoms with van der Waals surface area (Å²) in [6.07, 6.45) is 2.02. The summed E-state index contributed by atoms with van der Waals surface area (Å²) in [6, 6.07) is 12.4. The SMILES string of the molecule is CCC(Nc1cccc(OCC#N)c1)c1ccc(F)cn1. The van der Waals surface area contributed by atoms with Crippen molar-refractivity contribution in [3.63, 3.8) is 0 Å². The van der Waals surface area contributed by atoms with Gasteiger partial charge in [-0.3, -0.25) is 4.98 Å². The van der Waals surface area contributed by atoms with E-state index in [-0.39, 0.29) is 18.5 Å². The van der Waals surface area contributed by atoms with Crippen LogP contribution in [0.25, 0.3) is 0 Å². The van der Waals surface area contributed by atoms with Gasteiger partial charge >= 0.3 is 0 Å². The van der Waals surface area contributed by atoms with Crippen molar-refractivity contribution in [2.24, 2.45) is 0 Å². The van der Waals surface area contributed by atoms with Crippen molar-refractivity contribution in [3.05, 3.63) is 54.1 Å². The number of pyridine rings is 1. The summed E-state index contributed by atoms with van der Waals surface area (Å²) in [7, 11) is 0. The highest BCUT2D eigenvalue weighted by Crippen LogP contribution is 2.24. The number of nitrogens with one attached hydrogen (secondary N) is 1. The molecule has 4 nitrogen and oxygen atoms in total. The van der Waals surface area contributed by atoms with E-state index in [0.717, 1.165) is 17.8 Å². The smallest absolute Gasteiger partial charge is 0.174 e. The molecular formula is C16H16FN3O. The number of ether oxygens (including phenoxy) is 1. The molecule has 0 fully saturated rings. The molecule has 0 radical (unpaired) electrons. The standard InChI is InChI=1S/C16H16FN3O/c1-2-15(16-7-6-12(17)11-19-16)20-13-4-3-5-14(10-13)21-9-8-18/h3-7,10-11,15,20H,2,9H2,1H3. The van der Waals surface area contributed by atoms with Crippen LogP contribution < -0.4 is 10.1 Å². The third-order valence-corrected chi connectivity index (χ3v) is 2.99. The Morgan fingerprint density at radius 3 is 2.90 bits per heavy atom. The highest BCUT2D eigenvalue weighted by Gasteiger charge is 2.11. The minimum Gasteiger partial charge on any atom is -0.479 e. The number of aromatic nitrogens is 1. The predicted molar refractivity (Wildman–Crippen MR) is 78.4 cm³/mol. The van der Waals surface area contributed by atoms with Gasteiger partial charge in [0.2, 0.25) is 0 Å². The number of nitriles is 1. The molecule has 0 aliphatic carbocycles. The van der Waals surface area contributed by atoms with Crippen molar-refractivity contribution >= 4 is 5.69 Å². The monoisotopic (exact) mass is 285 g/mol. The molecule has 21 heavy (non-hydrogen) atoms. The lowest BCUT2D eigenvalue weighted by Gasteiger charge is -2.18. The number of hydrogen-bond donors (Lipinski definition) is 1. The van der Waals surface area contributed by atoms with Gasteiger partial charge in [0.15, 0.2) is 6.61 Å². The fourth-order valence-electron chi connectivity index (χ4n) is 1.97. The Bertz CT molecular complexity index is 622. The topological polar surface area (TPSA) is 57.9 Å². The lowest BCUT2D eigenvalue weighted by Crippen LogP contribution is -2.11. The molecule has 1 aromatic carbocycles. The van der Waals surface area contributed by atoms with E-state index in [2.05, 4.69) is 10.3 Å². The van der Waals surface area contributed by atoms with Crippen LogP contribution in [0.5, 0.6) is 5.75 Å². The summed E-state index contributed by atoms with van der Waals surface area (Å²) in [5, 5.41) is 11.9. The van der Waals surface area contributed by atoms with Crippen LogP contribution in [0.1, 0.15) is 25.1 Å². The van der Waals surface area contributed by atoms with Crippen molar-refractivity contribution in [1.82, 2.24) is 4.98 Å². The van der Waals surface area contributed by atoms with Gasteiger partial charge in [0.1, 0.15) is 17.6 Å². The number of hydrogen-bond acceptors (Lipinski definition) is 4. The van der Waals surface area contributed by atoms with Crippen molar-refractivity contribution in [2.45, 2.75) is 19.4 Å². The zero-order chi connectivity index (χ0) is 15.1. The Labute approximate surface area is 123 Å². The number of rotatable bonds is 6. The van der Waals surface area contributed by atoms with Crippen LogP contribution >= 0.6 is 0 Å². The lowest BCUT2D eigenvalue weighted by atomic mass is 10.1. The average molecular weight is 285 g/mol. The second kappa shape index (κ2) is 7.25. The summed E-state index contributed by atoms with van der Waals surface area (Å²) in [4.78, 5) is 4.11. The fraction of sp³-hybridized carbons (Fsp3) is 0.250. The Balaban J connectivity index is 2.11. The molecule has 5 heteroatoms. The number of nitrogens with zero attached hydrogens (tertiary/aromatic N) is 2. The van der Waals surface area contributed by atoms with Crippen molar-refractivity contribution < 1.29 is 9.13 Å². The van der Waals surface area contributed by atoms with Crippen LogP contribution in [0.2, 0.25) is 0 Å². The highest BCUT2D eigenvalue weighted by atomic mass is 19.1. The zero-order valence-corrected chi connectivity index (χ0v) is 11.7. The van der Waals surface area contributed by atoms with Gasteiger partial charge in [0.05, 0.1) is 17.9 Å². The second-order valence-corrected chi connectivity index (χ2v) is 4.48. The van der Waals surface area contributed by atoms with Gasteiger partial charge in [-0.05, 0) is 30.7 Å². The number of anilines is 1. The largest absolute Gasteiger partial charge is 0.479 e. The van der Waals surface area contributed by atoms with Crippen molar-refractivity contribution in [3.8, 4) is 11.8 Å². The first-order valence-electron chi connectivity index (χ1n) is 6.70. The zero-order valence-electron chi connectivity index (χ0n) is 11.7. The second-order valence-electron chi connectivity index (χ2n) is 4.48. The number of benzene rings is 1. The molecule has 1 atom stereocenters. The van der Waals surface area contributed by atoms with Crippen LogP contribution in [0.15, 0.2) is 42.6 Å². The van der Waals surface area contributed by atoms with Gasteiger partial charge in [-0.15, -0.1) is 0 Å². The van der Waals surface area contributed by atoms with Crippen LogP contribution in [0.3, 0.4) is 0 Å². The first kappa shape index (κ1) is 14.8. The van der Waals surface area contributed by atoms with Gasteiger partial charge in [0.25, 0.3) is 0 Å². The van der Waals surface area contributed by atoms with E-state index in [1.165, 1.54) is 12.3 Å². The Morgan fingerprint density at radius 2 is 2.24 bits per heavy atom. The molecule has 108 valence electrons. The summed E-state index contributed by atoms with van der Waals surface area (Å²) < 4.78 is 18.2. The molecule has 0 saturated heterocycles. The number of halogens is 1. The third-order valence-electron chi connectivity index (χ3n) is 2.99. The average Bonchev–Trinajstić information content (AvgIpc) is 2.52. The first-order valence-corrected chi connectivity index (χ1v) is 6.70. The molecule has 1 heterocycles. The minimum absolute atomic E-state index is 0.0141. The van der Waals surface area contributed by atoms with Gasteiger partial charge in [-0.2, -0.15) is 5.26 Å². The quantitative estimate of drug-likeness (QED) is 0.879. The molecule has 0 bridgehead atoms. The normalized spacial score (nSPS) is 11.5. The van der Waals surface area contributed by atoms with E-state index in [1.54, 1.807) is 12.1 Å². The van der Waals surface area contributed by atoms with Gasteiger partial charge in [-0.25, -0.2) is 4.39 Å². The van der Waals surface area contributed by atoms with Crippen LogP contribution in [-0.2, 0) is 0 Å². The maximum absolute atomic E-state index is 12.9. The predicted octanol–water partition coefficient (Wildman–Crippen LogP) is 3.69. The van der Waals surface area contributed by atoms with E-state index in [0.29, 0.717) is 5.75 Å². The molecule has 0 aliphatic rings. The third kappa shape index (κ3) is 4.18. The highest BCUT2D eigenvalue weighted by molar-refractivity contribution is 5.49. The molecule has 0 spiro atoms. The van der Waals surface area contributed by atoms with E-state index >= 15 is 0 Å². The molecule has 2 aromatic rings. The molecular weight excluding hydrogens is 269 g/mol. The van der Waals surface area contributed by atoms with Crippen LogP contribution in [0.4, 0.5) is 10.1 Å². The van der Waals surface area contributed by atoms with Crippen molar-refractivity contribution in [1.29, 1.82) is 5.26 Å². The summed E-state index contributed by atoms with van der Waals surface area (Å²) in [6.45, 7) is 2.04. The lowest BCUT2D eigenvalue weighted by molar-refractivity contribution is 0.368. The summed E-state index contributed by atoms with van der Waals surface area (Å²) >= 11 is 0. The van der Waals surface area contributed by atoms with Gasteiger partial charge in [-0.1, -0.05) is 13.0 Å². The van der Waals surface area contributed by atoms with E-state index in [1.807, 2.05) is 31.2 Å². The van der Waals surface area contributed by atoms with Gasteiger partial charge < -0.3 is 10.1 Å². The van der Waals surface area contributed by atoms with E-state index < -0.39 is 0 Å². The molecule has 0 amide bonds. The van der Waals surface area contributed by atoms with E-state index in [9.17, 15) is 4.39 Å². The van der Waals surface area contributed by atoms with Gasteiger partial charge in [0, 0.05) is 11.8 Å².